The van der Waals surface area contributed by atoms with E-state index in [9.17, 15) is 10.2 Å². The molecule has 0 aromatic carbocycles. The molecule has 1 rings (SSSR count). The summed E-state index contributed by atoms with van der Waals surface area (Å²) < 4.78 is 9.96. The van der Waals surface area contributed by atoms with Crippen molar-refractivity contribution in [3.8, 4) is 0 Å². The largest absolute Gasteiger partial charge is 0.387 e. The highest BCUT2D eigenvalue weighted by Crippen LogP contribution is 2.23. The summed E-state index contributed by atoms with van der Waals surface area (Å²) in [6.45, 7) is 1.89. The maximum atomic E-state index is 9.30. The van der Waals surface area contributed by atoms with Crippen LogP contribution in [0.5, 0.6) is 0 Å². The molecule has 0 aliphatic carbocycles. The average molecular weight is 162 g/mol. The van der Waals surface area contributed by atoms with Gasteiger partial charge in [-0.3, -0.25) is 0 Å². The predicted molar refractivity (Wildman–Crippen MR) is 38.0 cm³/mol. The minimum atomic E-state index is -0.912. The molecule has 1 aliphatic rings. The Morgan fingerprint density at radius 3 is 2.27 bits per heavy atom. The van der Waals surface area contributed by atoms with E-state index in [1.54, 1.807) is 0 Å². The molecule has 11 heavy (non-hydrogen) atoms. The number of rotatable bonds is 2. The Morgan fingerprint density at radius 1 is 1.36 bits per heavy atom. The van der Waals surface area contributed by atoms with Crippen LogP contribution in [-0.2, 0) is 9.47 Å². The van der Waals surface area contributed by atoms with Crippen molar-refractivity contribution in [2.75, 3.05) is 7.11 Å². The Balaban J connectivity index is 2.53. The van der Waals surface area contributed by atoms with Crippen molar-refractivity contribution in [1.29, 1.82) is 0 Å². The maximum absolute atomic E-state index is 9.30. The standard InChI is InChI=1S/C7H14O4/c1-3-4-5(8)6(9)7(10-2)11-4/h4-9H,3H2,1-2H3/t4?,5-,6-,7?/m1/s1. The molecule has 2 unspecified atom stereocenters. The molecule has 4 heteroatoms. The van der Waals surface area contributed by atoms with Gasteiger partial charge < -0.3 is 19.7 Å². The van der Waals surface area contributed by atoms with Crippen LogP contribution in [0.2, 0.25) is 0 Å². The van der Waals surface area contributed by atoms with Crippen molar-refractivity contribution in [2.24, 2.45) is 0 Å². The smallest absolute Gasteiger partial charge is 0.186 e. The molecule has 1 saturated heterocycles. The van der Waals surface area contributed by atoms with Crippen LogP contribution in [-0.4, -0.2) is 41.9 Å². The second-order valence-electron chi connectivity index (χ2n) is 2.67. The van der Waals surface area contributed by atoms with E-state index in [0.717, 1.165) is 0 Å². The lowest BCUT2D eigenvalue weighted by Gasteiger charge is -2.11. The van der Waals surface area contributed by atoms with Gasteiger partial charge in [0, 0.05) is 7.11 Å². The van der Waals surface area contributed by atoms with Crippen molar-refractivity contribution in [3.05, 3.63) is 0 Å². The van der Waals surface area contributed by atoms with E-state index < -0.39 is 18.5 Å². The van der Waals surface area contributed by atoms with Crippen molar-refractivity contribution >= 4 is 0 Å². The number of methoxy groups -OCH3 is 1. The van der Waals surface area contributed by atoms with Gasteiger partial charge in [0.1, 0.15) is 12.2 Å². The van der Waals surface area contributed by atoms with Crippen molar-refractivity contribution in [1.82, 2.24) is 0 Å². The van der Waals surface area contributed by atoms with Gasteiger partial charge in [0.05, 0.1) is 6.10 Å². The maximum Gasteiger partial charge on any atom is 0.186 e. The number of aliphatic hydroxyl groups is 2. The SMILES string of the molecule is CCC1OC(OC)[C@H](O)[C@@H]1O. The summed E-state index contributed by atoms with van der Waals surface area (Å²) in [6, 6.07) is 0. The minimum absolute atomic E-state index is 0.296. The summed E-state index contributed by atoms with van der Waals surface area (Å²) in [5.74, 6) is 0. The third kappa shape index (κ3) is 1.54. The third-order valence-corrected chi connectivity index (χ3v) is 1.95. The van der Waals surface area contributed by atoms with E-state index in [1.165, 1.54) is 7.11 Å². The molecule has 4 atom stereocenters. The molecule has 2 N–H and O–H groups in total. The summed E-state index contributed by atoms with van der Waals surface area (Å²) in [7, 11) is 1.44. The number of aliphatic hydroxyl groups excluding tert-OH is 2. The Labute approximate surface area is 65.7 Å². The fourth-order valence-corrected chi connectivity index (χ4v) is 1.25. The molecule has 0 radical (unpaired) electrons. The van der Waals surface area contributed by atoms with E-state index >= 15 is 0 Å². The van der Waals surface area contributed by atoms with Gasteiger partial charge in [0.2, 0.25) is 0 Å². The third-order valence-electron chi connectivity index (χ3n) is 1.95. The first-order valence-electron chi connectivity index (χ1n) is 3.75. The first-order chi connectivity index (χ1) is 5.20. The molecular weight excluding hydrogens is 148 g/mol. The lowest BCUT2D eigenvalue weighted by atomic mass is 10.1. The van der Waals surface area contributed by atoms with Crippen LogP contribution in [0.15, 0.2) is 0 Å². The molecule has 1 heterocycles. The molecule has 0 spiro atoms. The fourth-order valence-electron chi connectivity index (χ4n) is 1.25. The highest BCUT2D eigenvalue weighted by Gasteiger charge is 2.41. The molecule has 0 bridgehead atoms. The number of hydrogen-bond acceptors (Lipinski definition) is 4. The topological polar surface area (TPSA) is 58.9 Å². The van der Waals surface area contributed by atoms with Gasteiger partial charge >= 0.3 is 0 Å². The zero-order chi connectivity index (χ0) is 8.43. The van der Waals surface area contributed by atoms with E-state index in [-0.39, 0.29) is 6.10 Å². The molecule has 0 saturated carbocycles. The van der Waals surface area contributed by atoms with Crippen molar-refractivity contribution in [3.63, 3.8) is 0 Å². The van der Waals surface area contributed by atoms with Gasteiger partial charge in [0.15, 0.2) is 6.29 Å². The normalized spacial score (nSPS) is 44.7. The van der Waals surface area contributed by atoms with Crippen LogP contribution in [0.4, 0.5) is 0 Å². The van der Waals surface area contributed by atoms with E-state index in [2.05, 4.69) is 0 Å². The minimum Gasteiger partial charge on any atom is -0.387 e. The van der Waals surface area contributed by atoms with E-state index in [4.69, 9.17) is 9.47 Å². The van der Waals surface area contributed by atoms with Crippen LogP contribution < -0.4 is 0 Å². The second-order valence-corrected chi connectivity index (χ2v) is 2.67. The second kappa shape index (κ2) is 3.49. The molecule has 66 valence electrons. The fraction of sp³-hybridized carbons (Fsp3) is 1.00. The van der Waals surface area contributed by atoms with Crippen molar-refractivity contribution < 1.29 is 19.7 Å². The summed E-state index contributed by atoms with van der Waals surface area (Å²) in [4.78, 5) is 0. The summed E-state index contributed by atoms with van der Waals surface area (Å²) >= 11 is 0. The average Bonchev–Trinajstić information content (AvgIpc) is 2.30. The van der Waals surface area contributed by atoms with Gasteiger partial charge in [-0.25, -0.2) is 0 Å². The van der Waals surface area contributed by atoms with Crippen LogP contribution in [0, 0.1) is 0 Å². The van der Waals surface area contributed by atoms with E-state index in [1.807, 2.05) is 6.92 Å². The quantitative estimate of drug-likeness (QED) is 0.574. The molecular formula is C7H14O4. The van der Waals surface area contributed by atoms with Crippen molar-refractivity contribution in [2.45, 2.75) is 37.9 Å². The predicted octanol–water partition coefficient (Wildman–Crippen LogP) is -0.510. The Hall–Kier alpha value is -0.160. The molecule has 1 aliphatic heterocycles. The summed E-state index contributed by atoms with van der Waals surface area (Å²) in [5, 5.41) is 18.6. The zero-order valence-corrected chi connectivity index (χ0v) is 6.73. The van der Waals surface area contributed by atoms with Crippen LogP contribution in [0.1, 0.15) is 13.3 Å². The number of hydrogen-bond donors (Lipinski definition) is 2. The molecule has 0 aromatic rings. The van der Waals surface area contributed by atoms with Gasteiger partial charge in [0.25, 0.3) is 0 Å². The highest BCUT2D eigenvalue weighted by atomic mass is 16.7. The molecule has 0 aromatic heterocycles. The monoisotopic (exact) mass is 162 g/mol. The number of ether oxygens (including phenoxy) is 2. The van der Waals surface area contributed by atoms with Gasteiger partial charge in [-0.1, -0.05) is 6.92 Å². The van der Waals surface area contributed by atoms with Gasteiger partial charge in [-0.15, -0.1) is 0 Å². The first-order valence-corrected chi connectivity index (χ1v) is 3.75. The summed E-state index contributed by atoms with van der Waals surface area (Å²) in [6.07, 6.45) is -2.02. The lowest BCUT2D eigenvalue weighted by Crippen LogP contribution is -2.32. The molecule has 4 nitrogen and oxygen atoms in total. The Kier molecular flexibility index (Phi) is 2.84. The Morgan fingerprint density at radius 2 is 2.00 bits per heavy atom. The summed E-state index contributed by atoms with van der Waals surface area (Å²) in [5.41, 5.74) is 0. The van der Waals surface area contributed by atoms with Crippen LogP contribution >= 0.6 is 0 Å². The molecule has 0 amide bonds. The zero-order valence-electron chi connectivity index (χ0n) is 6.73. The highest BCUT2D eigenvalue weighted by molar-refractivity contribution is 4.85. The van der Waals surface area contributed by atoms with Crippen LogP contribution in [0.25, 0.3) is 0 Å². The molecule has 1 fully saturated rings. The Bertz CT molecular complexity index is 110. The lowest BCUT2D eigenvalue weighted by molar-refractivity contribution is -0.148. The van der Waals surface area contributed by atoms with Gasteiger partial charge in [-0.2, -0.15) is 0 Å². The first kappa shape index (κ1) is 8.93. The van der Waals surface area contributed by atoms with Crippen LogP contribution in [0.3, 0.4) is 0 Å². The van der Waals surface area contributed by atoms with E-state index in [0.29, 0.717) is 6.42 Å². The van der Waals surface area contributed by atoms with Gasteiger partial charge in [-0.05, 0) is 6.42 Å².